The number of aryl methyl sites for hydroxylation is 1. The molecular weight excluding hydrogens is 563 g/mol. The first-order valence-electron chi connectivity index (χ1n) is 14.5. The Bertz CT molecular complexity index is 1700. The van der Waals surface area contributed by atoms with Gasteiger partial charge in [0, 0.05) is 49.2 Å². The smallest absolute Gasteiger partial charge is 0.131 e. The summed E-state index contributed by atoms with van der Waals surface area (Å²) >= 11 is 5.82. The molecule has 0 radical (unpaired) electrons. The molecule has 5 rings (SSSR count). The van der Waals surface area contributed by atoms with Gasteiger partial charge in [-0.3, -0.25) is 4.90 Å². The molecule has 1 N–H and O–H groups in total. The Morgan fingerprint density at radius 3 is 2.81 bits per heavy atom. The van der Waals surface area contributed by atoms with Crippen LogP contribution in [-0.4, -0.2) is 44.1 Å². The topological polar surface area (TPSA) is 60.1 Å². The van der Waals surface area contributed by atoms with Crippen molar-refractivity contribution in [2.75, 3.05) is 25.5 Å². The summed E-state index contributed by atoms with van der Waals surface area (Å²) in [4.78, 5) is 11.8. The molecule has 0 aliphatic carbocycles. The fourth-order valence-corrected chi connectivity index (χ4v) is 5.35. The summed E-state index contributed by atoms with van der Waals surface area (Å²) in [6.07, 6.45) is 12.8. The number of imidazole rings is 2. The minimum Gasteiger partial charge on any atom is -0.493 e. The van der Waals surface area contributed by atoms with Crippen molar-refractivity contribution in [2.24, 2.45) is 0 Å². The number of nitrogens with zero attached hydrogens (tertiary/aromatic N) is 5. The van der Waals surface area contributed by atoms with Crippen LogP contribution in [0.2, 0.25) is 5.02 Å². The number of hydrogen-bond donors (Lipinski definition) is 1. The maximum atomic E-state index is 14.0. The molecule has 0 fully saturated rings. The predicted octanol–water partition coefficient (Wildman–Crippen LogP) is 7.50. The largest absolute Gasteiger partial charge is 0.493 e. The minimum absolute atomic E-state index is 0.147. The molecule has 1 aliphatic heterocycles. The Kier molecular flexibility index (Phi) is 9.79. The zero-order valence-electron chi connectivity index (χ0n) is 25.0. The molecule has 2 aromatic heterocycles. The van der Waals surface area contributed by atoms with E-state index < -0.39 is 0 Å². The highest BCUT2D eigenvalue weighted by molar-refractivity contribution is 6.30. The first-order valence-corrected chi connectivity index (χ1v) is 14.9. The van der Waals surface area contributed by atoms with E-state index in [1.165, 1.54) is 11.6 Å². The number of fused-ring (bicyclic) bond motifs is 1. The molecule has 0 amide bonds. The second-order valence-corrected chi connectivity index (χ2v) is 11.1. The van der Waals surface area contributed by atoms with Gasteiger partial charge >= 0.3 is 0 Å². The van der Waals surface area contributed by atoms with E-state index in [0.29, 0.717) is 16.3 Å². The van der Waals surface area contributed by atoms with Crippen LogP contribution in [0.15, 0.2) is 96.7 Å². The summed E-state index contributed by atoms with van der Waals surface area (Å²) in [7, 11) is 1.93. The highest BCUT2D eigenvalue weighted by atomic mass is 35.5. The van der Waals surface area contributed by atoms with Crippen molar-refractivity contribution in [3.05, 3.63) is 125 Å². The van der Waals surface area contributed by atoms with Gasteiger partial charge in [0.2, 0.25) is 0 Å². The zero-order valence-corrected chi connectivity index (χ0v) is 25.7. The van der Waals surface area contributed by atoms with E-state index >= 15 is 0 Å². The van der Waals surface area contributed by atoms with E-state index in [0.717, 1.165) is 73.0 Å². The molecule has 1 aliphatic rings. The lowest BCUT2D eigenvalue weighted by atomic mass is 10.0. The Balaban J connectivity index is 1.22. The maximum absolute atomic E-state index is 14.0. The maximum Gasteiger partial charge on any atom is 0.131 e. The van der Waals surface area contributed by atoms with Crippen LogP contribution in [0.5, 0.6) is 0 Å². The summed E-state index contributed by atoms with van der Waals surface area (Å²) in [6, 6.07) is 10.9. The van der Waals surface area contributed by atoms with Gasteiger partial charge in [0.25, 0.3) is 0 Å². The molecule has 9 heteroatoms. The molecule has 2 aromatic carbocycles. The Morgan fingerprint density at radius 1 is 1.21 bits per heavy atom. The summed E-state index contributed by atoms with van der Waals surface area (Å²) in [5.74, 6) is 1.36. The van der Waals surface area contributed by atoms with E-state index in [-0.39, 0.29) is 12.4 Å². The van der Waals surface area contributed by atoms with Gasteiger partial charge in [-0.25, -0.2) is 14.4 Å². The number of allylic oxidation sites excluding steroid dienone is 5. The molecule has 43 heavy (non-hydrogen) atoms. The van der Waals surface area contributed by atoms with Crippen molar-refractivity contribution < 1.29 is 9.13 Å². The van der Waals surface area contributed by atoms with Crippen LogP contribution in [0.1, 0.15) is 37.4 Å². The van der Waals surface area contributed by atoms with Gasteiger partial charge < -0.3 is 19.2 Å². The van der Waals surface area contributed by atoms with Gasteiger partial charge in [0.05, 0.1) is 41.9 Å². The van der Waals surface area contributed by atoms with Crippen LogP contribution in [0.25, 0.3) is 11.0 Å². The molecule has 0 bridgehead atoms. The van der Waals surface area contributed by atoms with Crippen LogP contribution >= 0.6 is 11.6 Å². The summed E-state index contributed by atoms with van der Waals surface area (Å²) in [6.45, 7) is 12.5. The van der Waals surface area contributed by atoms with Crippen LogP contribution in [-0.2, 0) is 31.0 Å². The molecule has 0 unspecified atom stereocenters. The zero-order chi connectivity index (χ0) is 30.3. The SMILES string of the molecule is C=C(/C=C\C=C(/C)OCc1ccc(Cl)cc1F)C1=CCN(Cc2nc3cc(NC)ccc3n2Cc2cncn2CC)CC1. The lowest BCUT2D eigenvalue weighted by Crippen LogP contribution is -2.30. The number of benzene rings is 2. The van der Waals surface area contributed by atoms with Crippen molar-refractivity contribution in [3.8, 4) is 0 Å². The van der Waals surface area contributed by atoms with E-state index in [1.807, 2.05) is 44.7 Å². The van der Waals surface area contributed by atoms with Gasteiger partial charge in [0.1, 0.15) is 18.2 Å². The average Bonchev–Trinajstić information content (AvgIpc) is 3.60. The number of ether oxygens (including phenoxy) is 1. The van der Waals surface area contributed by atoms with Crippen molar-refractivity contribution in [3.63, 3.8) is 0 Å². The van der Waals surface area contributed by atoms with Crippen molar-refractivity contribution in [1.29, 1.82) is 0 Å². The lowest BCUT2D eigenvalue weighted by molar-refractivity contribution is 0.197. The summed E-state index contributed by atoms with van der Waals surface area (Å²) < 4.78 is 24.2. The van der Waals surface area contributed by atoms with Gasteiger partial charge in [-0.1, -0.05) is 42.5 Å². The highest BCUT2D eigenvalue weighted by Crippen LogP contribution is 2.25. The van der Waals surface area contributed by atoms with Crippen molar-refractivity contribution in [1.82, 2.24) is 24.0 Å². The standard InChI is InChI=1S/C34H38ClFN6O/c1-5-41-23-38-19-30(41)20-42-33-12-11-29(37-4)18-32(33)39-34(42)21-40-15-13-26(14-16-40)24(2)7-6-8-25(3)43-22-27-9-10-28(35)17-31(27)36/h6-13,17-19,23,37H,2,5,14-16,20-22H2,1,3-4H3/b7-6-,25-8+. The Morgan fingerprint density at radius 2 is 2.07 bits per heavy atom. The number of hydrogen-bond acceptors (Lipinski definition) is 5. The molecule has 224 valence electrons. The quantitative estimate of drug-likeness (QED) is 0.135. The van der Waals surface area contributed by atoms with Gasteiger partial charge in [-0.15, -0.1) is 0 Å². The molecule has 3 heterocycles. The lowest BCUT2D eigenvalue weighted by Gasteiger charge is -2.26. The van der Waals surface area contributed by atoms with Crippen LogP contribution in [0, 0.1) is 5.82 Å². The average molecular weight is 601 g/mol. The third-order valence-electron chi connectivity index (χ3n) is 7.74. The number of rotatable bonds is 12. The molecular formula is C34H38ClFN6O. The van der Waals surface area contributed by atoms with Gasteiger partial charge in [0.15, 0.2) is 0 Å². The predicted molar refractivity (Wildman–Crippen MR) is 172 cm³/mol. The second-order valence-electron chi connectivity index (χ2n) is 10.6. The molecule has 0 spiro atoms. The fraction of sp³-hybridized carbons (Fsp3) is 0.294. The van der Waals surface area contributed by atoms with E-state index in [4.69, 9.17) is 21.3 Å². The van der Waals surface area contributed by atoms with E-state index in [9.17, 15) is 4.39 Å². The molecule has 4 aromatic rings. The van der Waals surface area contributed by atoms with Gasteiger partial charge in [-0.2, -0.15) is 0 Å². The Hall–Kier alpha value is -4.14. The number of halogens is 2. The molecule has 0 atom stereocenters. The van der Waals surface area contributed by atoms with E-state index in [1.54, 1.807) is 12.1 Å². The number of anilines is 1. The number of nitrogens with one attached hydrogen (secondary N) is 1. The first-order chi connectivity index (χ1) is 20.8. The number of aromatic nitrogens is 4. The normalized spacial score (nSPS) is 14.4. The van der Waals surface area contributed by atoms with Crippen LogP contribution in [0.3, 0.4) is 0 Å². The van der Waals surface area contributed by atoms with E-state index in [2.05, 4.69) is 62.1 Å². The van der Waals surface area contributed by atoms with Crippen LogP contribution in [0.4, 0.5) is 10.1 Å². The van der Waals surface area contributed by atoms with Gasteiger partial charge in [-0.05, 0) is 67.8 Å². The van der Waals surface area contributed by atoms with Crippen LogP contribution < -0.4 is 5.32 Å². The first kappa shape index (κ1) is 30.3. The van der Waals surface area contributed by atoms with Crippen molar-refractivity contribution >= 4 is 28.3 Å². The second kappa shape index (κ2) is 13.9. The molecule has 0 saturated heterocycles. The summed E-state index contributed by atoms with van der Waals surface area (Å²) in [5.41, 5.74) is 7.00. The minimum atomic E-state index is -0.369. The Labute approximate surface area is 257 Å². The van der Waals surface area contributed by atoms with Crippen molar-refractivity contribution in [2.45, 2.75) is 46.5 Å². The fourth-order valence-electron chi connectivity index (χ4n) is 5.19. The molecule has 7 nitrogen and oxygen atoms in total. The summed E-state index contributed by atoms with van der Waals surface area (Å²) in [5, 5.41) is 3.59. The monoisotopic (exact) mass is 600 g/mol. The third kappa shape index (κ3) is 7.45. The highest BCUT2D eigenvalue weighted by Gasteiger charge is 2.19. The molecule has 0 saturated carbocycles. The third-order valence-corrected chi connectivity index (χ3v) is 7.98.